The van der Waals surface area contributed by atoms with E-state index in [1.807, 2.05) is 12.1 Å². The van der Waals surface area contributed by atoms with Crippen molar-refractivity contribution in [2.24, 2.45) is 0 Å². The van der Waals surface area contributed by atoms with Crippen molar-refractivity contribution < 1.29 is 0 Å². The van der Waals surface area contributed by atoms with Crippen LogP contribution in [0, 0.1) is 0 Å². The van der Waals surface area contributed by atoms with E-state index in [0.717, 1.165) is 17.4 Å². The molecule has 0 bridgehead atoms. The molecule has 0 fully saturated rings. The molecule has 1 heterocycles. The van der Waals surface area contributed by atoms with Crippen molar-refractivity contribution in [2.45, 2.75) is 0 Å². The van der Waals surface area contributed by atoms with Crippen LogP contribution in [0.1, 0.15) is 0 Å². The van der Waals surface area contributed by atoms with Gasteiger partial charge in [0.05, 0.1) is 11.7 Å². The maximum atomic E-state index is 5.82. The van der Waals surface area contributed by atoms with Crippen molar-refractivity contribution in [2.75, 3.05) is 5.32 Å². The van der Waals surface area contributed by atoms with Crippen LogP contribution < -0.4 is 5.32 Å². The Morgan fingerprint density at radius 2 is 2.07 bits per heavy atom. The number of nitrogens with one attached hydrogen (secondary N) is 1. The zero-order chi connectivity index (χ0) is 9.97. The highest BCUT2D eigenvalue weighted by atomic mass is 35.5. The van der Waals surface area contributed by atoms with Gasteiger partial charge >= 0.3 is 0 Å². The fourth-order valence-electron chi connectivity index (χ4n) is 0.955. The maximum Gasteiger partial charge on any atom is 0.187 e. The van der Waals surface area contributed by atoms with Gasteiger partial charge in [-0.1, -0.05) is 29.3 Å². The van der Waals surface area contributed by atoms with Gasteiger partial charge in [0.2, 0.25) is 0 Å². The molecule has 0 aliphatic rings. The number of anilines is 2. The third-order valence-electron chi connectivity index (χ3n) is 1.54. The predicted molar refractivity (Wildman–Crippen MR) is 59.7 cm³/mol. The van der Waals surface area contributed by atoms with Gasteiger partial charge in [-0.2, -0.15) is 8.75 Å². The molecule has 0 aliphatic carbocycles. The second-order valence-electron chi connectivity index (χ2n) is 2.54. The first-order valence-electron chi connectivity index (χ1n) is 3.76. The summed E-state index contributed by atoms with van der Waals surface area (Å²) in [5.41, 5.74) is 0.840. The van der Waals surface area contributed by atoms with E-state index >= 15 is 0 Å². The van der Waals surface area contributed by atoms with Crippen LogP contribution in [0.25, 0.3) is 0 Å². The van der Waals surface area contributed by atoms with E-state index in [1.54, 1.807) is 12.1 Å². The van der Waals surface area contributed by atoms with Gasteiger partial charge in [-0.05, 0) is 18.2 Å². The number of hydrogen-bond donors (Lipinski definition) is 1. The molecule has 0 unspecified atom stereocenters. The number of halogens is 2. The molecule has 0 saturated carbocycles. The summed E-state index contributed by atoms with van der Waals surface area (Å²) in [7, 11) is 0. The van der Waals surface area contributed by atoms with E-state index < -0.39 is 0 Å². The Morgan fingerprint density at radius 3 is 2.71 bits per heavy atom. The molecule has 6 heteroatoms. The molecule has 0 atom stereocenters. The Bertz CT molecular complexity index is 444. The van der Waals surface area contributed by atoms with E-state index in [2.05, 4.69) is 14.1 Å². The first-order valence-corrected chi connectivity index (χ1v) is 5.25. The monoisotopic (exact) mass is 245 g/mol. The third kappa shape index (κ3) is 2.15. The Kier molecular flexibility index (Phi) is 2.86. The zero-order valence-corrected chi connectivity index (χ0v) is 9.20. The Hall–Kier alpha value is -0.840. The summed E-state index contributed by atoms with van der Waals surface area (Å²) in [5.74, 6) is 0.555. The number of benzene rings is 1. The minimum atomic E-state index is 0.370. The van der Waals surface area contributed by atoms with Crippen molar-refractivity contribution in [1.29, 1.82) is 0 Å². The van der Waals surface area contributed by atoms with Gasteiger partial charge in [0.15, 0.2) is 11.0 Å². The average molecular weight is 246 g/mol. The van der Waals surface area contributed by atoms with Crippen molar-refractivity contribution in [1.82, 2.24) is 8.75 Å². The third-order valence-corrected chi connectivity index (χ3v) is 2.66. The summed E-state index contributed by atoms with van der Waals surface area (Å²) in [4.78, 5) is 0. The number of hydrogen-bond acceptors (Lipinski definition) is 4. The molecule has 0 amide bonds. The molecule has 2 aromatic rings. The van der Waals surface area contributed by atoms with Crippen LogP contribution in [0.5, 0.6) is 0 Å². The highest BCUT2D eigenvalue weighted by molar-refractivity contribution is 6.99. The van der Waals surface area contributed by atoms with Crippen molar-refractivity contribution in [3.8, 4) is 0 Å². The van der Waals surface area contributed by atoms with Crippen LogP contribution in [-0.2, 0) is 0 Å². The van der Waals surface area contributed by atoms with Gasteiger partial charge in [0.1, 0.15) is 0 Å². The van der Waals surface area contributed by atoms with Crippen LogP contribution in [0.2, 0.25) is 10.2 Å². The summed E-state index contributed by atoms with van der Waals surface area (Å²) >= 11 is 12.7. The number of rotatable bonds is 2. The van der Waals surface area contributed by atoms with Crippen molar-refractivity contribution in [3.63, 3.8) is 0 Å². The fraction of sp³-hybridized carbons (Fsp3) is 0. The Labute approximate surface area is 95.0 Å². The predicted octanol–water partition coefficient (Wildman–Crippen LogP) is 3.59. The number of aromatic nitrogens is 2. The van der Waals surface area contributed by atoms with Crippen molar-refractivity contribution in [3.05, 3.63) is 34.4 Å². The highest BCUT2D eigenvalue weighted by Gasteiger charge is 2.04. The lowest BCUT2D eigenvalue weighted by Crippen LogP contribution is -1.90. The maximum absolute atomic E-state index is 5.82. The van der Waals surface area contributed by atoms with Gasteiger partial charge in [-0.15, -0.1) is 0 Å². The first kappa shape index (κ1) is 9.71. The van der Waals surface area contributed by atoms with E-state index in [0.29, 0.717) is 16.0 Å². The molecule has 0 saturated heterocycles. The first-order chi connectivity index (χ1) is 6.75. The molecule has 3 nitrogen and oxygen atoms in total. The van der Waals surface area contributed by atoms with Crippen LogP contribution in [0.15, 0.2) is 24.3 Å². The SMILES string of the molecule is Clc1cccc(Nc2nsnc2Cl)c1. The van der Waals surface area contributed by atoms with Gasteiger partial charge in [-0.3, -0.25) is 0 Å². The summed E-state index contributed by atoms with van der Waals surface area (Å²) in [6, 6.07) is 7.31. The molecule has 1 aromatic carbocycles. The van der Waals surface area contributed by atoms with E-state index in [9.17, 15) is 0 Å². The minimum absolute atomic E-state index is 0.370. The quantitative estimate of drug-likeness (QED) is 0.879. The second-order valence-corrected chi connectivity index (χ2v) is 3.86. The molecule has 1 aromatic heterocycles. The lowest BCUT2D eigenvalue weighted by atomic mass is 10.3. The molecule has 1 N–H and O–H groups in total. The topological polar surface area (TPSA) is 37.8 Å². The van der Waals surface area contributed by atoms with Crippen LogP contribution in [-0.4, -0.2) is 8.75 Å². The molecule has 2 rings (SSSR count). The number of nitrogens with zero attached hydrogens (tertiary/aromatic N) is 2. The Balaban J connectivity index is 2.23. The normalized spacial score (nSPS) is 10.1. The minimum Gasteiger partial charge on any atom is -0.337 e. The fourth-order valence-corrected chi connectivity index (χ4v) is 1.79. The van der Waals surface area contributed by atoms with E-state index in [4.69, 9.17) is 23.2 Å². The molecule has 14 heavy (non-hydrogen) atoms. The van der Waals surface area contributed by atoms with Crippen LogP contribution >= 0.6 is 34.9 Å². The largest absolute Gasteiger partial charge is 0.337 e. The lowest BCUT2D eigenvalue weighted by molar-refractivity contribution is 1.45. The summed E-state index contributed by atoms with van der Waals surface area (Å²) < 4.78 is 7.82. The zero-order valence-electron chi connectivity index (χ0n) is 6.87. The summed E-state index contributed by atoms with van der Waals surface area (Å²) in [5, 5.41) is 4.05. The second kappa shape index (κ2) is 4.13. The van der Waals surface area contributed by atoms with Crippen molar-refractivity contribution >= 4 is 46.4 Å². The summed E-state index contributed by atoms with van der Waals surface area (Å²) in [6.45, 7) is 0. The molecule has 0 radical (unpaired) electrons. The average Bonchev–Trinajstić information content (AvgIpc) is 2.52. The molecule has 72 valence electrons. The lowest BCUT2D eigenvalue weighted by Gasteiger charge is -2.02. The van der Waals surface area contributed by atoms with E-state index in [-0.39, 0.29) is 0 Å². The molecule has 0 aliphatic heterocycles. The van der Waals surface area contributed by atoms with Gasteiger partial charge < -0.3 is 5.32 Å². The van der Waals surface area contributed by atoms with Crippen LogP contribution in [0.3, 0.4) is 0 Å². The van der Waals surface area contributed by atoms with Gasteiger partial charge in [0.25, 0.3) is 0 Å². The van der Waals surface area contributed by atoms with E-state index in [1.165, 1.54) is 0 Å². The van der Waals surface area contributed by atoms with Gasteiger partial charge in [-0.25, -0.2) is 0 Å². The van der Waals surface area contributed by atoms with Crippen LogP contribution in [0.4, 0.5) is 11.5 Å². The molecule has 0 spiro atoms. The van der Waals surface area contributed by atoms with Gasteiger partial charge in [0, 0.05) is 10.7 Å². The highest BCUT2D eigenvalue weighted by Crippen LogP contribution is 2.24. The summed E-state index contributed by atoms with van der Waals surface area (Å²) in [6.07, 6.45) is 0. The standard InChI is InChI=1S/C8H5Cl2N3S/c9-5-2-1-3-6(4-5)11-8-7(10)12-14-13-8/h1-4H,(H,11,13). The molecular formula is C8H5Cl2N3S. The smallest absolute Gasteiger partial charge is 0.187 e. The molecular weight excluding hydrogens is 241 g/mol. The Morgan fingerprint density at radius 1 is 1.21 bits per heavy atom.